The van der Waals surface area contributed by atoms with Crippen LogP contribution >= 0.6 is 0 Å². The van der Waals surface area contributed by atoms with Gasteiger partial charge in [0.15, 0.2) is 34.7 Å². The lowest BCUT2D eigenvalue weighted by atomic mass is 10.1. The van der Waals surface area contributed by atoms with Crippen LogP contribution in [0.4, 0.5) is 36.4 Å². The summed E-state index contributed by atoms with van der Waals surface area (Å²) in [6.07, 6.45) is -1.65. The molecule has 0 bridgehead atoms. The van der Waals surface area contributed by atoms with Gasteiger partial charge in [-0.1, -0.05) is 0 Å². The van der Waals surface area contributed by atoms with Gasteiger partial charge in [-0.3, -0.25) is 4.79 Å². The molecule has 6 nitrogen and oxygen atoms in total. The van der Waals surface area contributed by atoms with E-state index in [1.807, 2.05) is 0 Å². The van der Waals surface area contributed by atoms with Crippen molar-refractivity contribution < 1.29 is 39.9 Å². The lowest BCUT2D eigenvalue weighted by Crippen LogP contribution is -2.22. The van der Waals surface area contributed by atoms with Crippen LogP contribution in [0.1, 0.15) is 17.7 Å². The van der Waals surface area contributed by atoms with Crippen molar-refractivity contribution in [2.24, 2.45) is 0 Å². The van der Waals surface area contributed by atoms with Crippen LogP contribution in [0.5, 0.6) is 0 Å². The minimum atomic E-state index is -2.94. The zero-order valence-electron chi connectivity index (χ0n) is 16.4. The fraction of sp³-hybridized carbons (Fsp3) is 0.150. The molecule has 1 N–H and O–H groups in total. The first-order valence-corrected chi connectivity index (χ1v) is 9.11. The molecule has 33 heavy (non-hydrogen) atoms. The second-order valence-electron chi connectivity index (χ2n) is 6.81. The summed E-state index contributed by atoms with van der Waals surface area (Å²) in [6.45, 7) is 0.544. The number of alkyl halides is 2. The standard InChI is InChI=1S/C20H11F7N4O2/c1-7-12-8(19(26)27)5-9(10-3-2-4-33-10)28-20(12)31(30-7)6-11(32)29-18-16(24)14(22)13(21)15(23)17(18)25/h2-5,19H,6H2,1H3,(H,29,32). The van der Waals surface area contributed by atoms with Gasteiger partial charge < -0.3 is 9.73 Å². The molecule has 0 aliphatic rings. The SMILES string of the molecule is Cc1nn(CC(=O)Nc2c(F)c(F)c(F)c(F)c2F)c2nc(-c3ccco3)cc(C(F)F)c12. The molecular weight excluding hydrogens is 461 g/mol. The molecule has 0 atom stereocenters. The maximum Gasteiger partial charge on any atom is 0.264 e. The van der Waals surface area contributed by atoms with Gasteiger partial charge in [-0.05, 0) is 25.1 Å². The van der Waals surface area contributed by atoms with Crippen LogP contribution in [0, 0.1) is 36.0 Å². The number of carbonyl (C=O) groups is 1. The Morgan fingerprint density at radius 3 is 2.30 bits per heavy atom. The first-order chi connectivity index (χ1) is 15.6. The molecule has 0 spiro atoms. The van der Waals surface area contributed by atoms with E-state index >= 15 is 0 Å². The number of fused-ring (bicyclic) bond motifs is 1. The van der Waals surface area contributed by atoms with Gasteiger partial charge in [0, 0.05) is 5.56 Å². The van der Waals surface area contributed by atoms with Gasteiger partial charge in [0.2, 0.25) is 11.7 Å². The highest BCUT2D eigenvalue weighted by Gasteiger charge is 2.28. The fourth-order valence-electron chi connectivity index (χ4n) is 3.25. The number of hydrogen-bond acceptors (Lipinski definition) is 4. The summed E-state index contributed by atoms with van der Waals surface area (Å²) in [4.78, 5) is 16.5. The number of halogens is 7. The third kappa shape index (κ3) is 3.79. The van der Waals surface area contributed by atoms with Gasteiger partial charge in [0.25, 0.3) is 6.43 Å². The molecule has 4 rings (SSSR count). The number of nitrogens with zero attached hydrogens (tertiary/aromatic N) is 3. The number of aromatic nitrogens is 3. The number of aryl methyl sites for hydroxylation is 1. The molecule has 0 aliphatic carbocycles. The lowest BCUT2D eigenvalue weighted by molar-refractivity contribution is -0.116. The fourth-order valence-corrected chi connectivity index (χ4v) is 3.25. The third-order valence-corrected chi connectivity index (χ3v) is 4.68. The van der Waals surface area contributed by atoms with E-state index in [2.05, 4.69) is 10.1 Å². The Balaban J connectivity index is 1.75. The highest BCUT2D eigenvalue weighted by molar-refractivity contribution is 5.92. The number of carbonyl (C=O) groups excluding carboxylic acids is 1. The van der Waals surface area contributed by atoms with Crippen molar-refractivity contribution in [3.8, 4) is 11.5 Å². The molecular formula is C20H11F7N4O2. The van der Waals surface area contributed by atoms with Gasteiger partial charge in [0.1, 0.15) is 17.9 Å². The summed E-state index contributed by atoms with van der Waals surface area (Å²) in [7, 11) is 0. The molecule has 13 heteroatoms. The Morgan fingerprint density at radius 2 is 1.73 bits per heavy atom. The number of benzene rings is 1. The predicted molar refractivity (Wildman–Crippen MR) is 99.8 cm³/mol. The Bertz CT molecular complexity index is 1350. The van der Waals surface area contributed by atoms with E-state index in [0.29, 0.717) is 0 Å². The van der Waals surface area contributed by atoms with Gasteiger partial charge in [0.05, 0.1) is 17.3 Å². The average Bonchev–Trinajstić information content (AvgIpc) is 3.42. The summed E-state index contributed by atoms with van der Waals surface area (Å²) >= 11 is 0. The van der Waals surface area contributed by atoms with Gasteiger partial charge >= 0.3 is 0 Å². The van der Waals surface area contributed by atoms with E-state index in [4.69, 9.17) is 4.42 Å². The first kappa shape index (κ1) is 22.3. The van der Waals surface area contributed by atoms with Crippen molar-refractivity contribution >= 4 is 22.6 Å². The van der Waals surface area contributed by atoms with E-state index in [-0.39, 0.29) is 28.2 Å². The van der Waals surface area contributed by atoms with Crippen molar-refractivity contribution in [2.75, 3.05) is 5.32 Å². The Kier molecular flexibility index (Phi) is 5.56. The van der Waals surface area contributed by atoms with Crippen molar-refractivity contribution in [3.63, 3.8) is 0 Å². The van der Waals surface area contributed by atoms with E-state index in [1.54, 1.807) is 5.32 Å². The molecule has 3 heterocycles. The van der Waals surface area contributed by atoms with E-state index in [9.17, 15) is 35.5 Å². The second kappa shape index (κ2) is 8.22. The molecule has 172 valence electrons. The number of pyridine rings is 1. The van der Waals surface area contributed by atoms with Gasteiger partial charge in [-0.15, -0.1) is 0 Å². The van der Waals surface area contributed by atoms with Crippen molar-refractivity contribution in [3.05, 3.63) is 64.8 Å². The maximum atomic E-state index is 13.8. The van der Waals surface area contributed by atoms with Crippen LogP contribution in [0.25, 0.3) is 22.5 Å². The smallest absolute Gasteiger partial charge is 0.264 e. The van der Waals surface area contributed by atoms with Crippen molar-refractivity contribution in [2.45, 2.75) is 19.9 Å². The Labute approximate surface area is 179 Å². The molecule has 0 fully saturated rings. The monoisotopic (exact) mass is 472 g/mol. The van der Waals surface area contributed by atoms with E-state index in [0.717, 1.165) is 10.7 Å². The molecule has 4 aromatic rings. The van der Waals surface area contributed by atoms with Gasteiger partial charge in [-0.2, -0.15) is 5.10 Å². The highest BCUT2D eigenvalue weighted by atomic mass is 19.3. The summed E-state index contributed by atoms with van der Waals surface area (Å²) in [5, 5.41) is 5.50. The number of hydrogen-bond donors (Lipinski definition) is 1. The number of anilines is 1. The normalized spacial score (nSPS) is 11.5. The second-order valence-corrected chi connectivity index (χ2v) is 6.81. The average molecular weight is 472 g/mol. The predicted octanol–water partition coefficient (Wildman–Crippen LogP) is 5.27. The van der Waals surface area contributed by atoms with Crippen LogP contribution < -0.4 is 5.32 Å². The van der Waals surface area contributed by atoms with Crippen LogP contribution in [0.15, 0.2) is 28.9 Å². The molecule has 0 unspecified atom stereocenters. The molecule has 1 amide bonds. The molecule has 0 saturated heterocycles. The van der Waals surface area contributed by atoms with E-state index in [1.165, 1.54) is 25.3 Å². The molecule has 0 radical (unpaired) electrons. The molecule has 0 aliphatic heterocycles. The first-order valence-electron chi connectivity index (χ1n) is 9.11. The Hall–Kier alpha value is -3.90. The van der Waals surface area contributed by atoms with Crippen LogP contribution in [-0.4, -0.2) is 20.7 Å². The minimum absolute atomic E-state index is 0.00382. The largest absolute Gasteiger partial charge is 0.463 e. The third-order valence-electron chi connectivity index (χ3n) is 4.68. The summed E-state index contributed by atoms with van der Waals surface area (Å²) in [5.74, 6) is -12.4. The summed E-state index contributed by atoms with van der Waals surface area (Å²) in [6, 6.07) is 4.07. The molecule has 0 saturated carbocycles. The van der Waals surface area contributed by atoms with Crippen molar-refractivity contribution in [1.82, 2.24) is 14.8 Å². The number of nitrogens with one attached hydrogen (secondary N) is 1. The number of furan rings is 1. The Morgan fingerprint density at radius 1 is 1.09 bits per heavy atom. The number of amides is 1. The summed E-state index contributed by atoms with van der Waals surface area (Å²) in [5.41, 5.74) is -2.10. The molecule has 3 aromatic heterocycles. The van der Waals surface area contributed by atoms with Gasteiger partial charge in [-0.25, -0.2) is 40.4 Å². The quantitative estimate of drug-likeness (QED) is 0.244. The summed E-state index contributed by atoms with van der Waals surface area (Å²) < 4.78 is 101. The maximum absolute atomic E-state index is 13.8. The topological polar surface area (TPSA) is 73.0 Å². The minimum Gasteiger partial charge on any atom is -0.463 e. The van der Waals surface area contributed by atoms with E-state index < -0.39 is 59.2 Å². The van der Waals surface area contributed by atoms with Crippen LogP contribution in [-0.2, 0) is 11.3 Å². The molecule has 1 aromatic carbocycles. The zero-order chi connectivity index (χ0) is 24.0. The van der Waals surface area contributed by atoms with Crippen LogP contribution in [0.3, 0.4) is 0 Å². The highest BCUT2D eigenvalue weighted by Crippen LogP contribution is 2.33. The zero-order valence-corrected chi connectivity index (χ0v) is 16.4. The number of rotatable bonds is 5. The van der Waals surface area contributed by atoms with Crippen LogP contribution in [0.2, 0.25) is 0 Å². The lowest BCUT2D eigenvalue weighted by Gasteiger charge is -2.10. The van der Waals surface area contributed by atoms with Crippen molar-refractivity contribution in [1.29, 1.82) is 0 Å².